The summed E-state index contributed by atoms with van der Waals surface area (Å²) in [4.78, 5) is 13.6. The number of hydrogen-bond acceptors (Lipinski definition) is 16. The lowest BCUT2D eigenvalue weighted by molar-refractivity contribution is -0.348. The lowest BCUT2D eigenvalue weighted by atomic mass is 9.99. The van der Waals surface area contributed by atoms with E-state index in [9.17, 15) is 55.9 Å². The molecule has 0 amide bonds. The molecule has 3 aromatic rings. The second-order valence-electron chi connectivity index (χ2n) is 9.81. The predicted octanol–water partition coefficient (Wildman–Crippen LogP) is -2.08. The third-order valence-corrected chi connectivity index (χ3v) is 6.96. The van der Waals surface area contributed by atoms with E-state index in [-0.39, 0.29) is 16.9 Å². The molecule has 3 heterocycles. The molecule has 1 aromatic heterocycles. The first kappa shape index (κ1) is 29.8. The van der Waals surface area contributed by atoms with Crippen LogP contribution in [0.4, 0.5) is 0 Å². The van der Waals surface area contributed by atoms with Gasteiger partial charge in [0.25, 0.3) is 0 Å². The van der Waals surface area contributed by atoms with Crippen molar-refractivity contribution in [2.75, 3.05) is 13.2 Å². The zero-order chi connectivity index (χ0) is 30.5. The highest BCUT2D eigenvalue weighted by Crippen LogP contribution is 2.39. The van der Waals surface area contributed by atoms with Gasteiger partial charge in [0.15, 0.2) is 29.7 Å². The first-order chi connectivity index (χ1) is 19.9. The Bertz CT molecular complexity index is 1500. The number of hydrogen-bond donors (Lipinski definition) is 10. The number of aliphatic hydroxyl groups is 6. The molecule has 0 saturated carbocycles. The summed E-state index contributed by atoms with van der Waals surface area (Å²) >= 11 is 0. The molecular formula is C26H28O16. The number of phenols is 4. The number of rotatable bonds is 6. The summed E-state index contributed by atoms with van der Waals surface area (Å²) in [6.45, 7) is -1.31. The molecule has 0 spiro atoms. The Morgan fingerprint density at radius 3 is 2.26 bits per heavy atom. The number of aromatic hydroxyl groups is 4. The van der Waals surface area contributed by atoms with Crippen LogP contribution >= 0.6 is 0 Å². The van der Waals surface area contributed by atoms with Crippen LogP contribution in [0.15, 0.2) is 39.5 Å². The van der Waals surface area contributed by atoms with Gasteiger partial charge in [0.1, 0.15) is 59.1 Å². The van der Waals surface area contributed by atoms with Crippen LogP contribution in [0.1, 0.15) is 0 Å². The summed E-state index contributed by atoms with van der Waals surface area (Å²) in [5.41, 5.74) is -1.32. The molecule has 16 nitrogen and oxygen atoms in total. The molecule has 2 fully saturated rings. The molecular weight excluding hydrogens is 568 g/mol. The van der Waals surface area contributed by atoms with E-state index in [1.807, 2.05) is 0 Å². The number of aliphatic hydroxyl groups excluding tert-OH is 6. The number of fused-ring (bicyclic) bond motifs is 1. The summed E-state index contributed by atoms with van der Waals surface area (Å²) in [5, 5.41) is 101. The van der Waals surface area contributed by atoms with Crippen molar-refractivity contribution in [1.29, 1.82) is 0 Å². The van der Waals surface area contributed by atoms with Crippen LogP contribution < -0.4 is 10.2 Å². The second kappa shape index (κ2) is 11.5. The van der Waals surface area contributed by atoms with Gasteiger partial charge >= 0.3 is 0 Å². The van der Waals surface area contributed by atoms with E-state index in [0.717, 1.165) is 24.3 Å². The maximum absolute atomic E-state index is 13.6. The van der Waals surface area contributed by atoms with Crippen molar-refractivity contribution in [3.05, 3.63) is 40.6 Å². The van der Waals surface area contributed by atoms with Crippen LogP contribution in [0.25, 0.3) is 22.3 Å². The minimum atomic E-state index is -1.90. The smallest absolute Gasteiger partial charge is 0.239 e. The first-order valence-electron chi connectivity index (χ1n) is 12.6. The Hall–Kier alpha value is -3.71. The van der Waals surface area contributed by atoms with E-state index >= 15 is 0 Å². The zero-order valence-electron chi connectivity index (χ0n) is 21.4. The Morgan fingerprint density at radius 2 is 1.57 bits per heavy atom. The van der Waals surface area contributed by atoms with Crippen LogP contribution in [0.3, 0.4) is 0 Å². The van der Waals surface area contributed by atoms with Crippen LogP contribution in [0.5, 0.6) is 28.7 Å². The van der Waals surface area contributed by atoms with Crippen LogP contribution in [0.2, 0.25) is 0 Å². The molecule has 42 heavy (non-hydrogen) atoms. The number of benzene rings is 2. The molecule has 2 aliphatic rings. The third-order valence-electron chi connectivity index (χ3n) is 6.96. The van der Waals surface area contributed by atoms with Gasteiger partial charge in [0, 0.05) is 17.7 Å². The summed E-state index contributed by atoms with van der Waals surface area (Å²) in [7, 11) is 0. The van der Waals surface area contributed by atoms with Crippen LogP contribution in [-0.4, -0.2) is 120 Å². The van der Waals surface area contributed by atoms with E-state index in [1.165, 1.54) is 6.07 Å². The highest BCUT2D eigenvalue weighted by molar-refractivity contribution is 5.88. The normalized spacial score (nSPS) is 31.7. The maximum Gasteiger partial charge on any atom is 0.239 e. The lowest BCUT2D eigenvalue weighted by Crippen LogP contribution is -2.63. The Labute approximate surface area is 235 Å². The minimum absolute atomic E-state index is 0.0232. The molecule has 0 radical (unpaired) electrons. The Balaban J connectivity index is 1.58. The molecule has 9 atom stereocenters. The van der Waals surface area contributed by atoms with Gasteiger partial charge in [0.2, 0.25) is 17.5 Å². The van der Waals surface area contributed by atoms with Gasteiger partial charge in [-0.15, -0.1) is 0 Å². The average molecular weight is 596 g/mol. The topological polar surface area (TPSA) is 269 Å². The van der Waals surface area contributed by atoms with Crippen molar-refractivity contribution in [1.82, 2.24) is 0 Å². The standard InChI is InChI=1S/C26H28O16/c27-6-15-18(34)20(36)21(37)25(40-15)42-24-17(33)13(32)7-38-26(24)41-23-19(35)16-12(31)4-9(28)5-14(16)39-22(23)8-1-2-10(29)11(30)3-8/h1-5,13,15,17-18,20-21,24-34,36-37H,6-7H2/t13-,15-,17-,18+,20+,21-,24+,25+,26+/m1/s1. The largest absolute Gasteiger partial charge is 0.508 e. The van der Waals surface area contributed by atoms with Crippen molar-refractivity contribution < 1.29 is 74.4 Å². The van der Waals surface area contributed by atoms with Gasteiger partial charge < -0.3 is 74.4 Å². The number of phenolic OH excluding ortho intramolecular Hbond substituents is 4. The molecule has 0 bridgehead atoms. The van der Waals surface area contributed by atoms with Gasteiger partial charge in [-0.1, -0.05) is 0 Å². The fourth-order valence-corrected chi connectivity index (χ4v) is 4.69. The van der Waals surface area contributed by atoms with Gasteiger partial charge in [-0.25, -0.2) is 0 Å². The van der Waals surface area contributed by atoms with Crippen molar-refractivity contribution in [3.8, 4) is 40.1 Å². The molecule has 2 aromatic carbocycles. The summed E-state index contributed by atoms with van der Waals surface area (Å²) in [6.07, 6.45) is -15.5. The van der Waals surface area contributed by atoms with E-state index < -0.39 is 108 Å². The fraction of sp³-hybridized carbons (Fsp3) is 0.423. The van der Waals surface area contributed by atoms with Gasteiger partial charge in [0.05, 0.1) is 13.2 Å². The quantitative estimate of drug-likeness (QED) is 0.137. The van der Waals surface area contributed by atoms with Crippen molar-refractivity contribution >= 4 is 11.0 Å². The summed E-state index contributed by atoms with van der Waals surface area (Å²) < 4.78 is 28.0. The van der Waals surface area contributed by atoms with Gasteiger partial charge in [-0.2, -0.15) is 0 Å². The Morgan fingerprint density at radius 1 is 0.833 bits per heavy atom. The summed E-state index contributed by atoms with van der Waals surface area (Å²) in [5.74, 6) is -3.28. The molecule has 0 aliphatic carbocycles. The Kier molecular flexibility index (Phi) is 8.17. The molecule has 228 valence electrons. The van der Waals surface area contributed by atoms with Crippen LogP contribution in [-0.2, 0) is 14.2 Å². The highest BCUT2D eigenvalue weighted by atomic mass is 16.8. The minimum Gasteiger partial charge on any atom is -0.508 e. The van der Waals surface area contributed by atoms with E-state index in [1.54, 1.807) is 0 Å². The molecule has 0 unspecified atom stereocenters. The average Bonchev–Trinajstić information content (AvgIpc) is 2.94. The lowest BCUT2D eigenvalue weighted by Gasteiger charge is -2.44. The highest BCUT2D eigenvalue weighted by Gasteiger charge is 2.49. The van der Waals surface area contributed by atoms with Crippen molar-refractivity contribution in [2.45, 2.75) is 55.3 Å². The van der Waals surface area contributed by atoms with Gasteiger partial charge in [-0.05, 0) is 18.2 Å². The third kappa shape index (κ3) is 5.31. The van der Waals surface area contributed by atoms with E-state index in [4.69, 9.17) is 23.4 Å². The van der Waals surface area contributed by atoms with Crippen LogP contribution in [0, 0.1) is 0 Å². The zero-order valence-corrected chi connectivity index (χ0v) is 21.4. The fourth-order valence-electron chi connectivity index (χ4n) is 4.69. The predicted molar refractivity (Wildman–Crippen MR) is 136 cm³/mol. The second-order valence-corrected chi connectivity index (χ2v) is 9.81. The maximum atomic E-state index is 13.6. The summed E-state index contributed by atoms with van der Waals surface area (Å²) in [6, 6.07) is 5.26. The van der Waals surface area contributed by atoms with Gasteiger partial charge in [-0.3, -0.25) is 4.79 Å². The molecule has 2 saturated heterocycles. The SMILES string of the molecule is O=c1c(O[C@@H]2OC[C@@H](O)[C@@H](O)[C@@H]2O[C@@H]2O[C@H](CO)[C@H](O)[C@H](O)[C@H]2O)c(-c2ccc(O)c(O)c2)oc2cc(O)cc(O)c12. The molecule has 5 rings (SSSR count). The molecule has 10 N–H and O–H groups in total. The number of ether oxygens (including phenoxy) is 4. The van der Waals surface area contributed by atoms with Crippen molar-refractivity contribution in [3.63, 3.8) is 0 Å². The van der Waals surface area contributed by atoms with E-state index in [0.29, 0.717) is 0 Å². The molecule has 16 heteroatoms. The van der Waals surface area contributed by atoms with E-state index in [2.05, 4.69) is 0 Å². The molecule has 2 aliphatic heterocycles. The monoisotopic (exact) mass is 596 g/mol. The van der Waals surface area contributed by atoms with Crippen molar-refractivity contribution in [2.24, 2.45) is 0 Å². The first-order valence-corrected chi connectivity index (χ1v) is 12.6.